The van der Waals surface area contributed by atoms with Gasteiger partial charge in [-0.15, -0.1) is 29.1 Å². The third-order valence-electron chi connectivity index (χ3n) is 8.63. The molecule has 1 radical (unpaired) electrons. The summed E-state index contributed by atoms with van der Waals surface area (Å²) in [7, 11) is 0. The van der Waals surface area contributed by atoms with Crippen LogP contribution in [0.25, 0.3) is 43.8 Å². The molecule has 0 fully saturated rings. The number of rotatable bonds is 8. The normalized spacial score (nSPS) is 12.0. The van der Waals surface area contributed by atoms with Crippen LogP contribution in [0.15, 0.2) is 78.6 Å². The quantitative estimate of drug-likeness (QED) is 0.0737. The van der Waals surface area contributed by atoms with Gasteiger partial charge in [0.1, 0.15) is 0 Å². The van der Waals surface area contributed by atoms with Gasteiger partial charge in [-0.25, -0.2) is 0 Å². The molecule has 0 spiro atoms. The number of aryl methyl sites for hydroxylation is 1. The molecule has 0 unspecified atom stereocenters. The Morgan fingerprint density at radius 2 is 1.36 bits per heavy atom. The van der Waals surface area contributed by atoms with Crippen LogP contribution in [0.4, 0.5) is 0 Å². The van der Waals surface area contributed by atoms with Crippen molar-refractivity contribution in [3.63, 3.8) is 0 Å². The number of aromatic nitrogens is 2. The number of hydrogen-bond acceptors (Lipinski definition) is 4. The van der Waals surface area contributed by atoms with Crippen molar-refractivity contribution in [1.29, 1.82) is 0 Å². The number of aliphatic hydroxyl groups is 1. The maximum absolute atomic E-state index is 11.7. The van der Waals surface area contributed by atoms with Crippen LogP contribution in [0.3, 0.4) is 0 Å². The van der Waals surface area contributed by atoms with Crippen LogP contribution < -0.4 is 0 Å². The van der Waals surface area contributed by atoms with Crippen molar-refractivity contribution < 1.29 is 30.0 Å². The van der Waals surface area contributed by atoms with Gasteiger partial charge in [0.2, 0.25) is 0 Å². The monoisotopic (exact) mass is 780 g/mol. The molecule has 4 nitrogen and oxygen atoms in total. The zero-order valence-electron chi connectivity index (χ0n) is 28.0. The van der Waals surface area contributed by atoms with E-state index in [2.05, 4.69) is 93.6 Å². The van der Waals surface area contributed by atoms with Gasteiger partial charge in [-0.3, -0.25) is 14.8 Å². The standard InChI is InChI=1S/C27H23N2.C13H24O2.Ir/c1-17-26(29-25-16-19-10-6-5-9-18(19)15-24(25)28-17)21-13-20-11-7-8-12-22(20)23(14-21)27(2,3)4;1-5-10(6-2)12(14)9-13(15)11(7-3)8-4;/h5-12,14-16H,1-4H3;9-11,14H,5-8H2,1-4H3;/q-1;;. The van der Waals surface area contributed by atoms with Crippen molar-refractivity contribution >= 4 is 38.4 Å². The first-order chi connectivity index (χ1) is 21.0. The van der Waals surface area contributed by atoms with Crippen molar-refractivity contribution in [1.82, 2.24) is 9.97 Å². The number of aliphatic hydroxyl groups excluding tert-OH is 1. The molecule has 1 aromatic heterocycles. The van der Waals surface area contributed by atoms with E-state index in [-0.39, 0.29) is 48.9 Å². The number of carbonyl (C=O) groups is 1. The molecule has 0 saturated carbocycles. The van der Waals surface area contributed by atoms with E-state index in [1.165, 1.54) is 27.8 Å². The number of nitrogens with zero attached hydrogens (tertiary/aromatic N) is 2. The van der Waals surface area contributed by atoms with Gasteiger partial charge in [-0.1, -0.05) is 102 Å². The van der Waals surface area contributed by atoms with Gasteiger partial charge in [-0.05, 0) is 60.9 Å². The van der Waals surface area contributed by atoms with Crippen molar-refractivity contribution in [3.8, 4) is 11.3 Å². The van der Waals surface area contributed by atoms with Crippen molar-refractivity contribution in [3.05, 3.63) is 95.9 Å². The van der Waals surface area contributed by atoms with Crippen molar-refractivity contribution in [2.24, 2.45) is 11.8 Å². The maximum Gasteiger partial charge on any atom is 0.162 e. The summed E-state index contributed by atoms with van der Waals surface area (Å²) < 4.78 is 0. The van der Waals surface area contributed by atoms with Crippen LogP contribution in [0.2, 0.25) is 0 Å². The van der Waals surface area contributed by atoms with Gasteiger partial charge in [0, 0.05) is 49.4 Å². The second-order valence-electron chi connectivity index (χ2n) is 12.7. The van der Waals surface area contributed by atoms with E-state index in [0.29, 0.717) is 0 Å². The van der Waals surface area contributed by atoms with E-state index in [1.807, 2.05) is 34.6 Å². The summed E-state index contributed by atoms with van der Waals surface area (Å²) in [6.07, 6.45) is 4.91. The van der Waals surface area contributed by atoms with E-state index in [1.54, 1.807) is 0 Å². The van der Waals surface area contributed by atoms with Crippen LogP contribution in [-0.2, 0) is 30.3 Å². The number of allylic oxidation sites excluding steroid dienone is 2. The van der Waals surface area contributed by atoms with Crippen molar-refractivity contribution in [2.45, 2.75) is 86.5 Å². The minimum atomic E-state index is 0. The molecule has 0 saturated heterocycles. The van der Waals surface area contributed by atoms with Crippen LogP contribution >= 0.6 is 0 Å². The smallest absolute Gasteiger partial charge is 0.162 e. The van der Waals surface area contributed by atoms with Crippen LogP contribution in [0.1, 0.15) is 85.4 Å². The minimum absolute atomic E-state index is 0. The predicted molar refractivity (Wildman–Crippen MR) is 186 cm³/mol. The van der Waals surface area contributed by atoms with E-state index >= 15 is 0 Å². The summed E-state index contributed by atoms with van der Waals surface area (Å²) in [6, 6.07) is 26.9. The topological polar surface area (TPSA) is 63.1 Å². The van der Waals surface area contributed by atoms with Gasteiger partial charge < -0.3 is 5.11 Å². The summed E-state index contributed by atoms with van der Waals surface area (Å²) >= 11 is 0. The Morgan fingerprint density at radius 3 is 1.91 bits per heavy atom. The zero-order chi connectivity index (χ0) is 32.0. The molecule has 1 N–H and O–H groups in total. The Kier molecular flexibility index (Phi) is 12.6. The Bertz CT molecular complexity index is 1790. The van der Waals surface area contributed by atoms with Crippen molar-refractivity contribution in [2.75, 3.05) is 0 Å². The summed E-state index contributed by atoms with van der Waals surface area (Å²) in [4.78, 5) is 21.6. The number of ketones is 1. The number of benzene rings is 4. The summed E-state index contributed by atoms with van der Waals surface area (Å²) in [5.41, 5.74) is 6.03. The molecule has 239 valence electrons. The fourth-order valence-electron chi connectivity index (χ4n) is 5.84. The van der Waals surface area contributed by atoms with Gasteiger partial charge in [0.05, 0.1) is 16.8 Å². The van der Waals surface area contributed by atoms with Crippen LogP contribution in [0.5, 0.6) is 0 Å². The fraction of sp³-hybridized carbons (Fsp3) is 0.375. The molecule has 0 aliphatic heterocycles. The second kappa shape index (κ2) is 15.7. The molecule has 0 atom stereocenters. The fourth-order valence-corrected chi connectivity index (χ4v) is 5.84. The van der Waals surface area contributed by atoms with Gasteiger partial charge >= 0.3 is 0 Å². The summed E-state index contributed by atoms with van der Waals surface area (Å²) in [5.74, 6) is 0.547. The van der Waals surface area contributed by atoms with Crippen LogP contribution in [-0.4, -0.2) is 20.9 Å². The molecule has 5 aromatic rings. The molecule has 45 heavy (non-hydrogen) atoms. The van der Waals surface area contributed by atoms with E-state index < -0.39 is 0 Å². The Morgan fingerprint density at radius 1 is 0.822 bits per heavy atom. The second-order valence-corrected chi connectivity index (χ2v) is 12.7. The molecule has 0 amide bonds. The first-order valence-electron chi connectivity index (χ1n) is 16.1. The molecule has 4 aromatic carbocycles. The molecular weight excluding hydrogens is 733 g/mol. The molecule has 1 heterocycles. The Labute approximate surface area is 282 Å². The van der Waals surface area contributed by atoms with Gasteiger partial charge in [-0.2, -0.15) is 0 Å². The molecule has 0 aliphatic carbocycles. The van der Waals surface area contributed by atoms with E-state index in [4.69, 9.17) is 9.97 Å². The maximum atomic E-state index is 11.7. The average molecular weight is 780 g/mol. The molecule has 5 heteroatoms. The largest absolute Gasteiger partial charge is 0.512 e. The number of fused-ring (bicyclic) bond motifs is 3. The first-order valence-corrected chi connectivity index (χ1v) is 16.1. The number of carbonyl (C=O) groups excluding carboxylic acids is 1. The summed E-state index contributed by atoms with van der Waals surface area (Å²) in [5, 5.41) is 14.5. The first kappa shape index (κ1) is 36.1. The Balaban J connectivity index is 0.000000297. The minimum Gasteiger partial charge on any atom is -0.512 e. The average Bonchev–Trinajstić information content (AvgIpc) is 3.00. The SMILES string of the molecule is CCC(CC)C(=O)C=C(O)C(CC)CC.Cc1nc2cc3ccccc3cc2nc1-c1[c-]c2ccccc2c(C(C)(C)C)c1.[Ir]. The molecule has 5 rings (SSSR count). The molecule has 0 bridgehead atoms. The van der Waals surface area contributed by atoms with Gasteiger partial charge in [0.25, 0.3) is 0 Å². The number of hydrogen-bond donors (Lipinski definition) is 1. The molecule has 0 aliphatic rings. The molecular formula is C40H47IrN2O2-. The zero-order valence-corrected chi connectivity index (χ0v) is 30.4. The summed E-state index contributed by atoms with van der Waals surface area (Å²) in [6.45, 7) is 16.9. The third-order valence-corrected chi connectivity index (χ3v) is 8.63. The van der Waals surface area contributed by atoms with Crippen LogP contribution in [0, 0.1) is 24.8 Å². The predicted octanol–water partition coefficient (Wildman–Crippen LogP) is 10.9. The van der Waals surface area contributed by atoms with E-state index in [0.717, 1.165) is 59.1 Å². The Hall–Kier alpha value is -3.40. The third kappa shape index (κ3) is 8.45. The van der Waals surface area contributed by atoms with E-state index in [9.17, 15) is 9.90 Å². The van der Waals surface area contributed by atoms with Gasteiger partial charge in [0.15, 0.2) is 5.78 Å².